The predicted octanol–water partition coefficient (Wildman–Crippen LogP) is 1.72. The van der Waals surface area contributed by atoms with Crippen molar-refractivity contribution in [1.29, 1.82) is 0 Å². The number of rotatable bonds is 0. The van der Waals surface area contributed by atoms with Gasteiger partial charge in [-0.2, -0.15) is 0 Å². The van der Waals surface area contributed by atoms with Gasteiger partial charge in [0.2, 0.25) is 5.91 Å². The highest BCUT2D eigenvalue weighted by Crippen LogP contribution is 2.23. The molecule has 0 spiro atoms. The molecule has 66 valence electrons. The van der Waals surface area contributed by atoms with Crippen molar-refractivity contribution in [2.75, 3.05) is 6.54 Å². The topological polar surface area (TPSA) is 20.3 Å². The van der Waals surface area contributed by atoms with Crippen LogP contribution in [0.3, 0.4) is 0 Å². The zero-order chi connectivity index (χ0) is 8.39. The van der Waals surface area contributed by atoms with E-state index in [4.69, 9.17) is 0 Å². The Labute approximate surface area is 73.2 Å². The van der Waals surface area contributed by atoms with Crippen molar-refractivity contribution in [3.05, 3.63) is 12.2 Å². The second-order valence-electron chi connectivity index (χ2n) is 3.63. The molecule has 1 unspecified atom stereocenters. The first-order chi connectivity index (χ1) is 5.88. The fraction of sp³-hybridized carbons (Fsp3) is 0.700. The highest BCUT2D eigenvalue weighted by Gasteiger charge is 2.27. The van der Waals surface area contributed by atoms with Crippen LogP contribution in [0, 0.1) is 0 Å². The number of carbonyl (C=O) groups excluding carboxylic acids is 1. The maximum absolute atomic E-state index is 11.5. The summed E-state index contributed by atoms with van der Waals surface area (Å²) in [5, 5.41) is 0. The number of fused-ring (bicyclic) bond motifs is 1. The standard InChI is InChI=1S/C10H15NO/c12-10-7-3-1-2-5-9-6-4-8-11(9)10/h1-2,9H,3-8H2/b2-1-. The van der Waals surface area contributed by atoms with Crippen LogP contribution in [0.2, 0.25) is 0 Å². The van der Waals surface area contributed by atoms with Crippen molar-refractivity contribution in [3.8, 4) is 0 Å². The summed E-state index contributed by atoms with van der Waals surface area (Å²) in [5.74, 6) is 0.363. The van der Waals surface area contributed by atoms with Gasteiger partial charge >= 0.3 is 0 Å². The smallest absolute Gasteiger partial charge is 0.223 e. The molecule has 2 nitrogen and oxygen atoms in total. The number of amides is 1. The SMILES string of the molecule is O=C1CC/C=C\CC2CCCN12. The van der Waals surface area contributed by atoms with E-state index >= 15 is 0 Å². The first kappa shape index (κ1) is 7.84. The highest BCUT2D eigenvalue weighted by molar-refractivity contribution is 5.77. The Hall–Kier alpha value is -0.790. The first-order valence-corrected chi connectivity index (χ1v) is 4.82. The summed E-state index contributed by atoms with van der Waals surface area (Å²) in [7, 11) is 0. The number of hydrogen-bond acceptors (Lipinski definition) is 1. The van der Waals surface area contributed by atoms with Crippen LogP contribution in [0.5, 0.6) is 0 Å². The Morgan fingerprint density at radius 3 is 3.25 bits per heavy atom. The molecule has 2 heterocycles. The maximum Gasteiger partial charge on any atom is 0.223 e. The van der Waals surface area contributed by atoms with Gasteiger partial charge in [-0.05, 0) is 25.7 Å². The molecule has 0 aliphatic carbocycles. The van der Waals surface area contributed by atoms with Crippen molar-refractivity contribution in [1.82, 2.24) is 4.90 Å². The molecule has 2 aliphatic heterocycles. The average molecular weight is 165 g/mol. The van der Waals surface area contributed by atoms with E-state index < -0.39 is 0 Å². The maximum atomic E-state index is 11.5. The molecule has 1 atom stereocenters. The van der Waals surface area contributed by atoms with Crippen LogP contribution in [0.4, 0.5) is 0 Å². The van der Waals surface area contributed by atoms with Gasteiger partial charge in [0.1, 0.15) is 0 Å². The van der Waals surface area contributed by atoms with Gasteiger partial charge in [0.25, 0.3) is 0 Å². The lowest BCUT2D eigenvalue weighted by Crippen LogP contribution is -2.35. The number of allylic oxidation sites excluding steroid dienone is 1. The van der Waals surface area contributed by atoms with Crippen LogP contribution >= 0.6 is 0 Å². The number of carbonyl (C=O) groups is 1. The Morgan fingerprint density at radius 1 is 1.42 bits per heavy atom. The molecule has 2 rings (SSSR count). The van der Waals surface area contributed by atoms with E-state index in [0.717, 1.165) is 19.4 Å². The fourth-order valence-corrected chi connectivity index (χ4v) is 2.13. The van der Waals surface area contributed by atoms with Crippen molar-refractivity contribution in [3.63, 3.8) is 0 Å². The van der Waals surface area contributed by atoms with Gasteiger partial charge in [0, 0.05) is 19.0 Å². The van der Waals surface area contributed by atoms with E-state index in [1.165, 1.54) is 12.8 Å². The van der Waals surface area contributed by atoms with Crippen molar-refractivity contribution in [2.24, 2.45) is 0 Å². The van der Waals surface area contributed by atoms with Gasteiger partial charge in [-0.1, -0.05) is 12.2 Å². The van der Waals surface area contributed by atoms with Crippen LogP contribution in [-0.4, -0.2) is 23.4 Å². The quantitative estimate of drug-likeness (QED) is 0.500. The van der Waals surface area contributed by atoms with Gasteiger partial charge in [0.15, 0.2) is 0 Å². The summed E-state index contributed by atoms with van der Waals surface area (Å²) < 4.78 is 0. The third-order valence-corrected chi connectivity index (χ3v) is 2.80. The van der Waals surface area contributed by atoms with Crippen molar-refractivity contribution >= 4 is 5.91 Å². The minimum absolute atomic E-state index is 0.363. The van der Waals surface area contributed by atoms with Crippen molar-refractivity contribution in [2.45, 2.75) is 38.1 Å². The van der Waals surface area contributed by atoms with E-state index in [2.05, 4.69) is 17.1 Å². The molecule has 0 aromatic rings. The van der Waals surface area contributed by atoms with E-state index in [0.29, 0.717) is 18.4 Å². The summed E-state index contributed by atoms with van der Waals surface area (Å²) in [6.45, 7) is 0.997. The molecule has 1 fully saturated rings. The summed E-state index contributed by atoms with van der Waals surface area (Å²) >= 11 is 0. The van der Waals surface area contributed by atoms with Gasteiger partial charge in [-0.15, -0.1) is 0 Å². The number of hydrogen-bond donors (Lipinski definition) is 0. The Bertz CT molecular complexity index is 210. The Morgan fingerprint density at radius 2 is 2.33 bits per heavy atom. The van der Waals surface area contributed by atoms with E-state index in [9.17, 15) is 4.79 Å². The minimum atomic E-state index is 0.363. The third kappa shape index (κ3) is 1.38. The molecule has 0 bridgehead atoms. The molecule has 2 heteroatoms. The molecule has 1 saturated heterocycles. The van der Waals surface area contributed by atoms with E-state index in [1.54, 1.807) is 0 Å². The molecule has 0 radical (unpaired) electrons. The second kappa shape index (κ2) is 3.30. The second-order valence-corrected chi connectivity index (χ2v) is 3.63. The molecular formula is C10H15NO. The van der Waals surface area contributed by atoms with Crippen LogP contribution in [0.25, 0.3) is 0 Å². The largest absolute Gasteiger partial charge is 0.339 e. The zero-order valence-electron chi connectivity index (χ0n) is 7.33. The molecule has 0 aromatic heterocycles. The van der Waals surface area contributed by atoms with Crippen LogP contribution < -0.4 is 0 Å². The minimum Gasteiger partial charge on any atom is -0.339 e. The molecule has 0 N–H and O–H groups in total. The lowest BCUT2D eigenvalue weighted by atomic mass is 10.1. The summed E-state index contributed by atoms with van der Waals surface area (Å²) in [6, 6.07) is 0.522. The predicted molar refractivity (Wildman–Crippen MR) is 47.7 cm³/mol. The molecule has 0 saturated carbocycles. The van der Waals surface area contributed by atoms with Crippen molar-refractivity contribution < 1.29 is 4.79 Å². The number of nitrogens with zero attached hydrogens (tertiary/aromatic N) is 1. The van der Waals surface area contributed by atoms with Crippen LogP contribution in [0.15, 0.2) is 12.2 Å². The lowest BCUT2D eigenvalue weighted by molar-refractivity contribution is -0.131. The Kier molecular flexibility index (Phi) is 2.15. The molecular weight excluding hydrogens is 150 g/mol. The molecule has 1 amide bonds. The van der Waals surface area contributed by atoms with Gasteiger partial charge < -0.3 is 4.90 Å². The average Bonchev–Trinajstić information content (AvgIpc) is 2.47. The summed E-state index contributed by atoms with van der Waals surface area (Å²) in [5.41, 5.74) is 0. The first-order valence-electron chi connectivity index (χ1n) is 4.82. The van der Waals surface area contributed by atoms with Gasteiger partial charge in [0.05, 0.1) is 0 Å². The van der Waals surface area contributed by atoms with Crippen LogP contribution in [0.1, 0.15) is 32.1 Å². The lowest BCUT2D eigenvalue weighted by Gasteiger charge is -2.24. The highest BCUT2D eigenvalue weighted by atomic mass is 16.2. The van der Waals surface area contributed by atoms with Gasteiger partial charge in [-0.25, -0.2) is 0 Å². The van der Waals surface area contributed by atoms with E-state index in [1.807, 2.05) is 0 Å². The Balaban J connectivity index is 2.11. The normalized spacial score (nSPS) is 32.5. The monoisotopic (exact) mass is 165 g/mol. The molecule has 2 aliphatic rings. The molecule has 0 aromatic carbocycles. The fourth-order valence-electron chi connectivity index (χ4n) is 2.13. The van der Waals surface area contributed by atoms with Gasteiger partial charge in [-0.3, -0.25) is 4.79 Å². The molecule has 12 heavy (non-hydrogen) atoms. The third-order valence-electron chi connectivity index (χ3n) is 2.80. The van der Waals surface area contributed by atoms with Crippen LogP contribution in [-0.2, 0) is 4.79 Å². The van der Waals surface area contributed by atoms with E-state index in [-0.39, 0.29) is 0 Å². The summed E-state index contributed by atoms with van der Waals surface area (Å²) in [6.07, 6.45) is 9.50. The zero-order valence-corrected chi connectivity index (χ0v) is 7.33. The summed E-state index contributed by atoms with van der Waals surface area (Å²) in [4.78, 5) is 13.6.